The van der Waals surface area contributed by atoms with Gasteiger partial charge in [-0.05, 0) is 87.3 Å². The van der Waals surface area contributed by atoms with Crippen molar-refractivity contribution in [1.82, 2.24) is 0 Å². The predicted molar refractivity (Wildman–Crippen MR) is 121 cm³/mol. The van der Waals surface area contributed by atoms with Crippen LogP contribution < -0.4 is 4.74 Å². The first-order chi connectivity index (χ1) is 14.2. The van der Waals surface area contributed by atoms with Crippen molar-refractivity contribution in [2.75, 3.05) is 6.61 Å². The molecular weight excluding hydrogens is 376 g/mol. The van der Waals surface area contributed by atoms with Crippen LogP contribution in [0.4, 0.5) is 0 Å². The van der Waals surface area contributed by atoms with Gasteiger partial charge in [0, 0.05) is 0 Å². The van der Waals surface area contributed by atoms with Crippen LogP contribution in [-0.2, 0) is 9.53 Å². The van der Waals surface area contributed by atoms with Gasteiger partial charge >= 0.3 is 5.97 Å². The first kappa shape index (κ1) is 23.8. The minimum Gasteiger partial charge on any atom is -0.508 e. The van der Waals surface area contributed by atoms with Gasteiger partial charge in [-0.15, -0.1) is 0 Å². The molecule has 0 bridgehead atoms. The number of hydrogen-bond acceptors (Lipinski definition) is 4. The second-order valence-electron chi connectivity index (χ2n) is 8.97. The average Bonchev–Trinajstić information content (AvgIpc) is 2.69. The number of rotatable bonds is 10. The lowest BCUT2D eigenvalue weighted by Crippen LogP contribution is -2.27. The van der Waals surface area contributed by atoms with E-state index in [1.165, 1.54) is 11.1 Å². The van der Waals surface area contributed by atoms with Crippen LogP contribution in [0.5, 0.6) is 11.5 Å². The fraction of sp³-hybridized carbons (Fsp3) is 0.500. The molecule has 0 amide bonds. The summed E-state index contributed by atoms with van der Waals surface area (Å²) in [4.78, 5) is 11.8. The molecule has 4 nitrogen and oxygen atoms in total. The molecule has 2 aromatic carbocycles. The van der Waals surface area contributed by atoms with Crippen LogP contribution in [0.1, 0.15) is 83.3 Å². The summed E-state index contributed by atoms with van der Waals surface area (Å²) in [6.45, 7) is 9.91. The maximum Gasteiger partial charge on any atom is 0.344 e. The van der Waals surface area contributed by atoms with E-state index < -0.39 is 5.60 Å². The number of phenols is 1. The number of phenolic OH excluding ortho intramolecular Hbond substituents is 1. The Balaban J connectivity index is 1.79. The molecule has 4 heteroatoms. The summed E-state index contributed by atoms with van der Waals surface area (Å²) in [5.74, 6) is 1.62. The molecule has 2 atom stereocenters. The second-order valence-corrected chi connectivity index (χ2v) is 8.97. The van der Waals surface area contributed by atoms with E-state index in [-0.39, 0.29) is 12.6 Å². The third-order valence-corrected chi connectivity index (χ3v) is 5.27. The Hall–Kier alpha value is -2.49. The molecule has 2 aromatic rings. The molecule has 0 spiro atoms. The summed E-state index contributed by atoms with van der Waals surface area (Å²) >= 11 is 0. The van der Waals surface area contributed by atoms with E-state index in [1.807, 2.05) is 45.0 Å². The highest BCUT2D eigenvalue weighted by molar-refractivity contribution is 5.71. The van der Waals surface area contributed by atoms with Crippen molar-refractivity contribution in [2.45, 2.75) is 77.7 Å². The number of benzene rings is 2. The molecule has 2 rings (SSSR count). The van der Waals surface area contributed by atoms with Crippen LogP contribution >= 0.6 is 0 Å². The van der Waals surface area contributed by atoms with E-state index in [0.717, 1.165) is 25.7 Å². The quantitative estimate of drug-likeness (QED) is 0.448. The molecule has 0 saturated heterocycles. The Morgan fingerprint density at radius 2 is 1.57 bits per heavy atom. The third kappa shape index (κ3) is 8.10. The van der Waals surface area contributed by atoms with Crippen LogP contribution in [0.15, 0.2) is 48.5 Å². The van der Waals surface area contributed by atoms with E-state index >= 15 is 0 Å². The Kier molecular flexibility index (Phi) is 8.76. The van der Waals surface area contributed by atoms with Crippen LogP contribution in [0.25, 0.3) is 0 Å². The molecule has 0 aliphatic rings. The highest BCUT2D eigenvalue weighted by Gasteiger charge is 2.17. The van der Waals surface area contributed by atoms with Crippen LogP contribution in [-0.4, -0.2) is 23.3 Å². The van der Waals surface area contributed by atoms with Crippen molar-refractivity contribution in [2.24, 2.45) is 0 Å². The SMILES string of the molecule is CCC(CCCC(C)c1ccc(OCC(=O)OC(C)(C)C)cc1)c1ccc(O)cc1. The third-order valence-electron chi connectivity index (χ3n) is 5.27. The zero-order valence-electron chi connectivity index (χ0n) is 19.0. The first-order valence-electron chi connectivity index (χ1n) is 10.9. The van der Waals surface area contributed by atoms with E-state index in [0.29, 0.717) is 23.3 Å². The summed E-state index contributed by atoms with van der Waals surface area (Å²) in [5.41, 5.74) is 2.07. The van der Waals surface area contributed by atoms with Crippen molar-refractivity contribution in [3.8, 4) is 11.5 Å². The maximum atomic E-state index is 11.8. The van der Waals surface area contributed by atoms with E-state index in [1.54, 1.807) is 12.1 Å². The first-order valence-corrected chi connectivity index (χ1v) is 10.9. The molecular formula is C26H36O4. The predicted octanol–water partition coefficient (Wildman–Crippen LogP) is 6.58. The fourth-order valence-corrected chi connectivity index (χ4v) is 3.60. The zero-order valence-corrected chi connectivity index (χ0v) is 19.0. The van der Waals surface area contributed by atoms with Gasteiger partial charge in [-0.25, -0.2) is 4.79 Å². The van der Waals surface area contributed by atoms with Crippen LogP contribution in [0.2, 0.25) is 0 Å². The number of carbonyl (C=O) groups is 1. The van der Waals surface area contributed by atoms with Gasteiger partial charge in [0.1, 0.15) is 17.1 Å². The number of ether oxygens (including phenoxy) is 2. The molecule has 1 N–H and O–H groups in total. The molecule has 0 saturated carbocycles. The summed E-state index contributed by atoms with van der Waals surface area (Å²) in [7, 11) is 0. The molecule has 0 aliphatic carbocycles. The van der Waals surface area contributed by atoms with Crippen LogP contribution in [0.3, 0.4) is 0 Å². The average molecular weight is 413 g/mol. The molecule has 0 fully saturated rings. The van der Waals surface area contributed by atoms with E-state index in [9.17, 15) is 9.90 Å². The minimum atomic E-state index is -0.501. The van der Waals surface area contributed by atoms with Crippen molar-refractivity contribution < 1.29 is 19.4 Å². The van der Waals surface area contributed by atoms with Gasteiger partial charge in [-0.2, -0.15) is 0 Å². The second kappa shape index (κ2) is 11.1. The largest absolute Gasteiger partial charge is 0.508 e. The lowest BCUT2D eigenvalue weighted by atomic mass is 9.88. The minimum absolute atomic E-state index is 0.0815. The van der Waals surface area contributed by atoms with Gasteiger partial charge in [0.25, 0.3) is 0 Å². The number of carbonyl (C=O) groups excluding carboxylic acids is 1. The Bertz CT molecular complexity index is 772. The van der Waals surface area contributed by atoms with Gasteiger partial charge in [0.05, 0.1) is 0 Å². The number of hydrogen-bond donors (Lipinski definition) is 1. The smallest absolute Gasteiger partial charge is 0.344 e. The fourth-order valence-electron chi connectivity index (χ4n) is 3.60. The summed E-state index contributed by atoms with van der Waals surface area (Å²) < 4.78 is 10.8. The lowest BCUT2D eigenvalue weighted by molar-refractivity contribution is -0.157. The molecule has 2 unspecified atom stereocenters. The lowest BCUT2D eigenvalue weighted by Gasteiger charge is -2.19. The number of aromatic hydroxyl groups is 1. The normalized spacial score (nSPS) is 13.5. The zero-order chi connectivity index (χ0) is 22.1. The molecule has 164 valence electrons. The molecule has 0 heterocycles. The van der Waals surface area contributed by atoms with Crippen molar-refractivity contribution >= 4 is 5.97 Å². The number of esters is 1. The summed E-state index contributed by atoms with van der Waals surface area (Å²) in [6, 6.07) is 15.6. The monoisotopic (exact) mass is 412 g/mol. The van der Waals surface area contributed by atoms with Gasteiger partial charge < -0.3 is 14.6 Å². The van der Waals surface area contributed by atoms with Gasteiger partial charge in [-0.1, -0.05) is 44.5 Å². The Morgan fingerprint density at radius 3 is 2.13 bits per heavy atom. The molecule has 0 radical (unpaired) electrons. The Labute approximate surface area is 181 Å². The summed E-state index contributed by atoms with van der Waals surface area (Å²) in [6.07, 6.45) is 4.51. The van der Waals surface area contributed by atoms with Gasteiger partial charge in [0.15, 0.2) is 6.61 Å². The maximum absolute atomic E-state index is 11.8. The van der Waals surface area contributed by atoms with Crippen molar-refractivity contribution in [3.05, 3.63) is 59.7 Å². The summed E-state index contributed by atoms with van der Waals surface area (Å²) in [5, 5.41) is 9.48. The molecule has 30 heavy (non-hydrogen) atoms. The molecule has 0 aromatic heterocycles. The van der Waals surface area contributed by atoms with E-state index in [4.69, 9.17) is 9.47 Å². The van der Waals surface area contributed by atoms with E-state index in [2.05, 4.69) is 26.0 Å². The highest BCUT2D eigenvalue weighted by atomic mass is 16.6. The van der Waals surface area contributed by atoms with Crippen LogP contribution in [0, 0.1) is 0 Å². The van der Waals surface area contributed by atoms with Gasteiger partial charge in [-0.3, -0.25) is 0 Å². The van der Waals surface area contributed by atoms with Crippen molar-refractivity contribution in [3.63, 3.8) is 0 Å². The topological polar surface area (TPSA) is 55.8 Å². The van der Waals surface area contributed by atoms with Crippen molar-refractivity contribution in [1.29, 1.82) is 0 Å². The highest BCUT2D eigenvalue weighted by Crippen LogP contribution is 2.30. The molecule has 0 aliphatic heterocycles. The standard InChI is InChI=1S/C26H36O4/c1-6-20(22-10-14-23(27)15-11-22)9-7-8-19(2)21-12-16-24(17-13-21)29-18-25(28)30-26(3,4)5/h10-17,19-20,27H,6-9,18H2,1-5H3. The Morgan fingerprint density at radius 1 is 0.967 bits per heavy atom. The van der Waals surface area contributed by atoms with Gasteiger partial charge in [0.2, 0.25) is 0 Å².